The molecule has 2 aliphatic rings. The van der Waals surface area contributed by atoms with Crippen LogP contribution in [0.1, 0.15) is 40.5 Å². The minimum absolute atomic E-state index is 0. The van der Waals surface area contributed by atoms with E-state index in [1.807, 2.05) is 0 Å². The van der Waals surface area contributed by atoms with Gasteiger partial charge in [-0.25, -0.2) is 0 Å². The van der Waals surface area contributed by atoms with Crippen molar-refractivity contribution >= 4 is 29.9 Å². The van der Waals surface area contributed by atoms with Crippen LogP contribution < -0.4 is 5.73 Å². The first kappa shape index (κ1) is 15.8. The SMILES string of the molecule is CCN1CCCC(N2C(=O)c3ccc(N)cc3C2=O)C1.Cl. The maximum atomic E-state index is 12.5. The molecule has 2 aliphatic heterocycles. The van der Waals surface area contributed by atoms with Crippen molar-refractivity contribution in [3.05, 3.63) is 29.3 Å². The monoisotopic (exact) mass is 309 g/mol. The number of nitrogens with zero attached hydrogens (tertiary/aromatic N) is 2. The number of likely N-dealkylation sites (N-methyl/N-ethyl adjacent to an activating group) is 1. The van der Waals surface area contributed by atoms with E-state index in [1.54, 1.807) is 18.2 Å². The number of benzene rings is 1. The van der Waals surface area contributed by atoms with Crippen LogP contribution in [0.2, 0.25) is 0 Å². The van der Waals surface area contributed by atoms with Gasteiger partial charge in [-0.3, -0.25) is 14.5 Å². The average molecular weight is 310 g/mol. The molecule has 0 bridgehead atoms. The number of carbonyl (C=O) groups is 2. The maximum absolute atomic E-state index is 12.5. The van der Waals surface area contributed by atoms with Crippen molar-refractivity contribution in [3.8, 4) is 0 Å². The van der Waals surface area contributed by atoms with E-state index in [2.05, 4.69) is 11.8 Å². The highest BCUT2D eigenvalue weighted by atomic mass is 35.5. The highest BCUT2D eigenvalue weighted by molar-refractivity contribution is 6.21. The van der Waals surface area contributed by atoms with Gasteiger partial charge in [0.2, 0.25) is 0 Å². The predicted molar refractivity (Wildman–Crippen MR) is 83.7 cm³/mol. The third-order valence-corrected chi connectivity index (χ3v) is 4.24. The van der Waals surface area contributed by atoms with Gasteiger partial charge in [-0.05, 0) is 44.1 Å². The van der Waals surface area contributed by atoms with Crippen LogP contribution in [0, 0.1) is 0 Å². The van der Waals surface area contributed by atoms with Gasteiger partial charge in [0.1, 0.15) is 0 Å². The normalized spacial score (nSPS) is 22.1. The number of piperidine rings is 1. The number of fused-ring (bicyclic) bond motifs is 1. The largest absolute Gasteiger partial charge is 0.399 e. The minimum Gasteiger partial charge on any atom is -0.399 e. The topological polar surface area (TPSA) is 66.6 Å². The lowest BCUT2D eigenvalue weighted by atomic mass is 10.0. The number of likely N-dealkylation sites (tertiary alicyclic amines) is 1. The van der Waals surface area contributed by atoms with Crippen LogP contribution in [-0.4, -0.2) is 47.3 Å². The van der Waals surface area contributed by atoms with E-state index < -0.39 is 0 Å². The molecule has 3 rings (SSSR count). The van der Waals surface area contributed by atoms with E-state index in [0.29, 0.717) is 16.8 Å². The molecule has 5 nitrogen and oxygen atoms in total. The van der Waals surface area contributed by atoms with Gasteiger partial charge in [0.25, 0.3) is 11.8 Å². The zero-order chi connectivity index (χ0) is 14.3. The molecule has 2 heterocycles. The Hall–Kier alpha value is -1.59. The molecule has 0 spiro atoms. The first-order valence-electron chi connectivity index (χ1n) is 7.11. The number of hydrogen-bond donors (Lipinski definition) is 1. The molecule has 0 aromatic heterocycles. The number of imide groups is 1. The fourth-order valence-electron chi connectivity index (χ4n) is 3.14. The fraction of sp³-hybridized carbons (Fsp3) is 0.467. The number of amides is 2. The van der Waals surface area contributed by atoms with E-state index in [9.17, 15) is 9.59 Å². The Balaban J connectivity index is 0.00000161. The van der Waals surface area contributed by atoms with Crippen LogP contribution in [0.5, 0.6) is 0 Å². The van der Waals surface area contributed by atoms with Gasteiger partial charge in [-0.2, -0.15) is 0 Å². The van der Waals surface area contributed by atoms with E-state index in [0.717, 1.165) is 32.5 Å². The smallest absolute Gasteiger partial charge is 0.261 e. The van der Waals surface area contributed by atoms with Crippen LogP contribution in [0.15, 0.2) is 18.2 Å². The van der Waals surface area contributed by atoms with Gasteiger partial charge in [-0.15, -0.1) is 12.4 Å². The predicted octanol–water partition coefficient (Wildman–Crippen LogP) is 1.77. The number of carbonyl (C=O) groups excluding carboxylic acids is 2. The van der Waals surface area contributed by atoms with Crippen molar-refractivity contribution < 1.29 is 9.59 Å². The Kier molecular flexibility index (Phi) is 4.54. The highest BCUT2D eigenvalue weighted by Crippen LogP contribution is 2.29. The Labute approximate surface area is 130 Å². The van der Waals surface area contributed by atoms with E-state index in [1.165, 1.54) is 4.90 Å². The highest BCUT2D eigenvalue weighted by Gasteiger charge is 2.41. The molecular weight excluding hydrogens is 290 g/mol. The van der Waals surface area contributed by atoms with Crippen molar-refractivity contribution in [2.45, 2.75) is 25.8 Å². The molecule has 1 aromatic carbocycles. The summed E-state index contributed by atoms with van der Waals surface area (Å²) in [5.41, 5.74) is 7.17. The summed E-state index contributed by atoms with van der Waals surface area (Å²) in [6.07, 6.45) is 1.91. The number of rotatable bonds is 2. The Bertz CT molecular complexity index is 576. The number of hydrogen-bond acceptors (Lipinski definition) is 4. The number of nitrogens with two attached hydrogens (primary N) is 1. The van der Waals surface area contributed by atoms with Gasteiger partial charge in [0.15, 0.2) is 0 Å². The molecule has 2 amide bonds. The van der Waals surface area contributed by atoms with Crippen molar-refractivity contribution in [1.82, 2.24) is 9.80 Å². The average Bonchev–Trinajstić information content (AvgIpc) is 2.70. The van der Waals surface area contributed by atoms with E-state index >= 15 is 0 Å². The quantitative estimate of drug-likeness (QED) is 0.668. The molecule has 1 atom stereocenters. The minimum atomic E-state index is -0.194. The molecule has 1 saturated heterocycles. The number of nitrogen functional groups attached to an aromatic ring is 1. The molecule has 1 aromatic rings. The van der Waals surface area contributed by atoms with Crippen LogP contribution >= 0.6 is 12.4 Å². The van der Waals surface area contributed by atoms with Crippen LogP contribution in [0.25, 0.3) is 0 Å². The lowest BCUT2D eigenvalue weighted by Gasteiger charge is -2.36. The molecule has 6 heteroatoms. The second kappa shape index (κ2) is 6.03. The maximum Gasteiger partial charge on any atom is 0.261 e. The van der Waals surface area contributed by atoms with Gasteiger partial charge in [0.05, 0.1) is 17.2 Å². The fourth-order valence-corrected chi connectivity index (χ4v) is 3.14. The molecule has 21 heavy (non-hydrogen) atoms. The molecule has 1 fully saturated rings. The van der Waals surface area contributed by atoms with Gasteiger partial charge < -0.3 is 10.6 Å². The van der Waals surface area contributed by atoms with Crippen molar-refractivity contribution in [2.75, 3.05) is 25.4 Å². The summed E-state index contributed by atoms with van der Waals surface area (Å²) >= 11 is 0. The zero-order valence-electron chi connectivity index (χ0n) is 12.0. The van der Waals surface area contributed by atoms with Crippen molar-refractivity contribution in [1.29, 1.82) is 0 Å². The molecule has 0 saturated carbocycles. The zero-order valence-corrected chi connectivity index (χ0v) is 12.9. The first-order chi connectivity index (χ1) is 9.61. The summed E-state index contributed by atoms with van der Waals surface area (Å²) in [6, 6.07) is 4.92. The first-order valence-corrected chi connectivity index (χ1v) is 7.11. The van der Waals surface area contributed by atoms with Crippen LogP contribution in [0.4, 0.5) is 5.69 Å². The van der Waals surface area contributed by atoms with Crippen LogP contribution in [-0.2, 0) is 0 Å². The molecule has 0 radical (unpaired) electrons. The second-order valence-corrected chi connectivity index (χ2v) is 5.47. The second-order valence-electron chi connectivity index (χ2n) is 5.47. The summed E-state index contributed by atoms with van der Waals surface area (Å²) in [4.78, 5) is 28.7. The molecule has 2 N–H and O–H groups in total. The third-order valence-electron chi connectivity index (χ3n) is 4.24. The lowest BCUT2D eigenvalue weighted by Crippen LogP contribution is -2.50. The van der Waals surface area contributed by atoms with Crippen molar-refractivity contribution in [3.63, 3.8) is 0 Å². The number of halogens is 1. The number of anilines is 1. The third kappa shape index (κ3) is 2.63. The molecule has 114 valence electrons. The summed E-state index contributed by atoms with van der Waals surface area (Å²) in [5, 5.41) is 0. The van der Waals surface area contributed by atoms with Gasteiger partial charge in [0, 0.05) is 12.2 Å². The Morgan fingerprint density at radius 2 is 1.95 bits per heavy atom. The summed E-state index contributed by atoms with van der Waals surface area (Å²) in [5.74, 6) is -0.367. The molecule has 0 aliphatic carbocycles. The van der Waals surface area contributed by atoms with Crippen LogP contribution in [0.3, 0.4) is 0 Å². The van der Waals surface area contributed by atoms with Gasteiger partial charge in [-0.1, -0.05) is 6.92 Å². The van der Waals surface area contributed by atoms with Crippen molar-refractivity contribution in [2.24, 2.45) is 0 Å². The standard InChI is InChI=1S/C15H19N3O2.ClH/c1-2-17-7-3-4-11(9-17)18-14(19)12-6-5-10(16)8-13(12)15(18)20;/h5-6,8,11H,2-4,7,9,16H2,1H3;1H. The van der Waals surface area contributed by atoms with E-state index in [-0.39, 0.29) is 30.3 Å². The molecule has 1 unspecified atom stereocenters. The molecular formula is C15H20ClN3O2. The summed E-state index contributed by atoms with van der Waals surface area (Å²) in [6.45, 7) is 4.87. The summed E-state index contributed by atoms with van der Waals surface area (Å²) in [7, 11) is 0. The lowest BCUT2D eigenvalue weighted by molar-refractivity contribution is 0.0486. The van der Waals surface area contributed by atoms with E-state index in [4.69, 9.17) is 5.73 Å². The Morgan fingerprint density at radius 3 is 2.67 bits per heavy atom. The Morgan fingerprint density at radius 1 is 1.24 bits per heavy atom. The summed E-state index contributed by atoms with van der Waals surface area (Å²) < 4.78 is 0. The van der Waals surface area contributed by atoms with Gasteiger partial charge >= 0.3 is 0 Å².